The van der Waals surface area contributed by atoms with Crippen molar-refractivity contribution in [3.63, 3.8) is 0 Å². The molecular weight excluding hydrogens is 364 g/mol. The molecule has 6 nitrogen and oxygen atoms in total. The van der Waals surface area contributed by atoms with E-state index in [1.807, 2.05) is 25.2 Å². The number of nitrogens with zero attached hydrogens (tertiary/aromatic N) is 1. The molecule has 2 aromatic carbocycles. The molecule has 2 aromatic rings. The molecule has 0 saturated heterocycles. The zero-order valence-electron chi connectivity index (χ0n) is 15.6. The zero-order valence-corrected chi connectivity index (χ0v) is 16.4. The van der Waals surface area contributed by atoms with Gasteiger partial charge in [-0.05, 0) is 37.7 Å². The maximum Gasteiger partial charge on any atom is 0.240 e. The summed E-state index contributed by atoms with van der Waals surface area (Å²) in [6, 6.07) is 15.0. The molecule has 7 heteroatoms. The second-order valence-electron chi connectivity index (χ2n) is 6.63. The summed E-state index contributed by atoms with van der Waals surface area (Å²) < 4.78 is 38.8. The van der Waals surface area contributed by atoms with Crippen LogP contribution < -0.4 is 14.2 Å². The van der Waals surface area contributed by atoms with Gasteiger partial charge in [0.15, 0.2) is 11.5 Å². The molecule has 0 fully saturated rings. The smallest absolute Gasteiger partial charge is 0.240 e. The van der Waals surface area contributed by atoms with E-state index >= 15 is 0 Å². The Morgan fingerprint density at radius 3 is 2.56 bits per heavy atom. The van der Waals surface area contributed by atoms with Crippen molar-refractivity contribution in [3.05, 3.63) is 54.1 Å². The van der Waals surface area contributed by atoms with E-state index < -0.39 is 10.0 Å². The monoisotopic (exact) mass is 390 g/mol. The molecule has 0 aromatic heterocycles. The van der Waals surface area contributed by atoms with E-state index in [4.69, 9.17) is 9.47 Å². The number of rotatable bonds is 8. The van der Waals surface area contributed by atoms with Gasteiger partial charge in [0, 0.05) is 25.6 Å². The summed E-state index contributed by atoms with van der Waals surface area (Å²) in [6.45, 7) is 3.13. The maximum absolute atomic E-state index is 12.5. The first-order valence-electron chi connectivity index (χ1n) is 9.16. The van der Waals surface area contributed by atoms with Crippen LogP contribution in [0.5, 0.6) is 11.5 Å². The fourth-order valence-corrected chi connectivity index (χ4v) is 4.01. The van der Waals surface area contributed by atoms with Gasteiger partial charge in [0.05, 0.1) is 18.1 Å². The van der Waals surface area contributed by atoms with Crippen LogP contribution in [0.15, 0.2) is 53.4 Å². The maximum atomic E-state index is 12.5. The van der Waals surface area contributed by atoms with Crippen molar-refractivity contribution in [1.29, 1.82) is 0 Å². The van der Waals surface area contributed by atoms with Crippen LogP contribution in [0, 0.1) is 0 Å². The van der Waals surface area contributed by atoms with Crippen molar-refractivity contribution in [2.75, 3.05) is 33.4 Å². The number of nitrogens with one attached hydrogen (secondary N) is 1. The van der Waals surface area contributed by atoms with E-state index in [0.717, 1.165) is 25.9 Å². The van der Waals surface area contributed by atoms with Crippen molar-refractivity contribution in [2.45, 2.75) is 24.3 Å². The Bertz CT molecular complexity index is 840. The Morgan fingerprint density at radius 2 is 1.78 bits per heavy atom. The highest BCUT2D eigenvalue weighted by Crippen LogP contribution is 2.31. The van der Waals surface area contributed by atoms with Gasteiger partial charge >= 0.3 is 0 Å². The normalized spacial score (nSPS) is 14.1. The SMILES string of the molecule is CN(CCCNS(=O)(=O)c1ccc2c(c1)OCCCO2)Cc1ccccc1. The molecule has 0 spiro atoms. The van der Waals surface area contributed by atoms with Crippen molar-refractivity contribution in [3.8, 4) is 11.5 Å². The predicted octanol–water partition coefficient (Wildman–Crippen LogP) is 2.65. The van der Waals surface area contributed by atoms with Crippen molar-refractivity contribution in [2.24, 2.45) is 0 Å². The summed E-state index contributed by atoms with van der Waals surface area (Å²) >= 11 is 0. The zero-order chi connectivity index (χ0) is 19.1. The fourth-order valence-electron chi connectivity index (χ4n) is 2.92. The summed E-state index contributed by atoms with van der Waals surface area (Å²) in [5.74, 6) is 1.08. The average Bonchev–Trinajstić information content (AvgIpc) is 2.91. The molecule has 0 aliphatic carbocycles. The highest BCUT2D eigenvalue weighted by atomic mass is 32.2. The molecular formula is C20H26N2O4S. The van der Waals surface area contributed by atoms with Crippen LogP contribution in [0.4, 0.5) is 0 Å². The van der Waals surface area contributed by atoms with Gasteiger partial charge in [0.1, 0.15) is 0 Å². The lowest BCUT2D eigenvalue weighted by Gasteiger charge is -2.17. The van der Waals surface area contributed by atoms with E-state index in [1.54, 1.807) is 12.1 Å². The Hall–Kier alpha value is -2.09. The van der Waals surface area contributed by atoms with E-state index in [0.29, 0.717) is 31.3 Å². The largest absolute Gasteiger partial charge is 0.490 e. The first-order chi connectivity index (χ1) is 13.0. The third kappa shape index (κ3) is 5.69. The topological polar surface area (TPSA) is 67.9 Å². The van der Waals surface area contributed by atoms with E-state index in [2.05, 4.69) is 21.8 Å². The number of ether oxygens (including phenoxy) is 2. The lowest BCUT2D eigenvalue weighted by atomic mass is 10.2. The number of hydrogen-bond acceptors (Lipinski definition) is 5. The van der Waals surface area contributed by atoms with Crippen molar-refractivity contribution >= 4 is 10.0 Å². The summed E-state index contributed by atoms with van der Waals surface area (Å²) in [4.78, 5) is 2.38. The number of benzene rings is 2. The van der Waals surface area contributed by atoms with Gasteiger partial charge in [-0.1, -0.05) is 30.3 Å². The molecule has 0 saturated carbocycles. The van der Waals surface area contributed by atoms with Crippen molar-refractivity contribution < 1.29 is 17.9 Å². The van der Waals surface area contributed by atoms with Gasteiger partial charge < -0.3 is 14.4 Å². The van der Waals surface area contributed by atoms with Crippen LogP contribution in [0.3, 0.4) is 0 Å². The van der Waals surface area contributed by atoms with Crippen LogP contribution in [-0.4, -0.2) is 46.7 Å². The van der Waals surface area contributed by atoms with E-state index in [1.165, 1.54) is 11.6 Å². The molecule has 0 radical (unpaired) electrons. The lowest BCUT2D eigenvalue weighted by Crippen LogP contribution is -2.28. The minimum Gasteiger partial charge on any atom is -0.490 e. The molecule has 3 rings (SSSR count). The van der Waals surface area contributed by atoms with Gasteiger partial charge in [-0.2, -0.15) is 0 Å². The third-order valence-electron chi connectivity index (χ3n) is 4.33. The van der Waals surface area contributed by atoms with Gasteiger partial charge in [-0.3, -0.25) is 0 Å². The second-order valence-corrected chi connectivity index (χ2v) is 8.40. The summed E-state index contributed by atoms with van der Waals surface area (Å²) in [5.41, 5.74) is 1.24. The predicted molar refractivity (Wildman–Crippen MR) is 105 cm³/mol. The van der Waals surface area contributed by atoms with Gasteiger partial charge in [-0.25, -0.2) is 13.1 Å². The third-order valence-corrected chi connectivity index (χ3v) is 5.79. The Kier molecular flexibility index (Phi) is 6.71. The highest BCUT2D eigenvalue weighted by Gasteiger charge is 2.18. The minimum atomic E-state index is -3.57. The molecule has 1 aliphatic heterocycles. The quantitative estimate of drug-likeness (QED) is 0.702. The summed E-state index contributed by atoms with van der Waals surface area (Å²) in [6.07, 6.45) is 1.51. The highest BCUT2D eigenvalue weighted by molar-refractivity contribution is 7.89. The molecule has 27 heavy (non-hydrogen) atoms. The summed E-state index contributed by atoms with van der Waals surface area (Å²) in [7, 11) is -1.53. The molecule has 1 heterocycles. The van der Waals surface area contributed by atoms with Crippen LogP contribution in [0.25, 0.3) is 0 Å². The second kappa shape index (κ2) is 9.21. The van der Waals surface area contributed by atoms with E-state index in [-0.39, 0.29) is 4.90 Å². The molecule has 1 N–H and O–H groups in total. The van der Waals surface area contributed by atoms with Crippen LogP contribution in [0.2, 0.25) is 0 Å². The van der Waals surface area contributed by atoms with Gasteiger partial charge in [0.25, 0.3) is 0 Å². The van der Waals surface area contributed by atoms with Gasteiger partial charge in [0.2, 0.25) is 10.0 Å². The number of fused-ring (bicyclic) bond motifs is 1. The number of hydrogen-bond donors (Lipinski definition) is 1. The molecule has 0 atom stereocenters. The van der Waals surface area contributed by atoms with Crippen LogP contribution in [0.1, 0.15) is 18.4 Å². The first kappa shape index (κ1) is 19.7. The molecule has 146 valence electrons. The van der Waals surface area contributed by atoms with Crippen molar-refractivity contribution in [1.82, 2.24) is 9.62 Å². The van der Waals surface area contributed by atoms with Crippen LogP contribution in [-0.2, 0) is 16.6 Å². The molecule has 0 bridgehead atoms. The molecule has 0 unspecified atom stereocenters. The fraction of sp³-hybridized carbons (Fsp3) is 0.400. The standard InChI is InChI=1S/C20H26N2O4S/c1-22(16-17-7-3-2-4-8-17)12-5-11-21-27(23,24)18-9-10-19-20(15-18)26-14-6-13-25-19/h2-4,7-10,15,21H,5-6,11-14,16H2,1H3. The Balaban J connectivity index is 1.49. The van der Waals surface area contributed by atoms with Gasteiger partial charge in [-0.15, -0.1) is 0 Å². The Morgan fingerprint density at radius 1 is 1.04 bits per heavy atom. The average molecular weight is 391 g/mol. The summed E-state index contributed by atoms with van der Waals surface area (Å²) in [5, 5.41) is 0. The van der Waals surface area contributed by atoms with Crippen LogP contribution >= 0.6 is 0 Å². The number of sulfonamides is 1. The lowest BCUT2D eigenvalue weighted by molar-refractivity contribution is 0.297. The molecule has 1 aliphatic rings. The first-order valence-corrected chi connectivity index (χ1v) is 10.6. The molecule has 0 amide bonds. The van der Waals surface area contributed by atoms with E-state index in [9.17, 15) is 8.42 Å². The Labute approximate surface area is 161 Å². The minimum absolute atomic E-state index is 0.199.